The fourth-order valence-corrected chi connectivity index (χ4v) is 3.53. The molecule has 0 N–H and O–H groups in total. The Morgan fingerprint density at radius 3 is 2.10 bits per heavy atom. The maximum Gasteiger partial charge on any atom is 0.253 e. The molecule has 1 aromatic heterocycles. The van der Waals surface area contributed by atoms with E-state index in [0.29, 0.717) is 5.56 Å². The van der Waals surface area contributed by atoms with Crippen LogP contribution >= 0.6 is 0 Å². The molecule has 4 aromatic rings. The quantitative estimate of drug-likeness (QED) is 0.412. The lowest BCUT2D eigenvalue weighted by Crippen LogP contribution is -2.21. The van der Waals surface area contributed by atoms with E-state index in [1.807, 2.05) is 48.5 Å². The lowest BCUT2D eigenvalue weighted by atomic mass is 10.1. The molecular formula is C27H24N2O. The molecular weight excluding hydrogens is 368 g/mol. The lowest BCUT2D eigenvalue weighted by Gasteiger charge is -2.11. The second-order valence-corrected chi connectivity index (χ2v) is 7.31. The van der Waals surface area contributed by atoms with Crippen LogP contribution in [0.2, 0.25) is 0 Å². The van der Waals surface area contributed by atoms with Gasteiger partial charge in [-0.3, -0.25) is 4.79 Å². The fourth-order valence-electron chi connectivity index (χ4n) is 3.53. The molecule has 0 saturated carbocycles. The molecule has 148 valence electrons. The number of carbonyl (C=O) groups is 1. The number of hydrogen-bond acceptors (Lipinski definition) is 1. The zero-order chi connectivity index (χ0) is 20.9. The van der Waals surface area contributed by atoms with E-state index in [-0.39, 0.29) is 5.91 Å². The maximum absolute atomic E-state index is 12.6. The van der Waals surface area contributed by atoms with Gasteiger partial charge in [0.05, 0.1) is 11.2 Å². The summed E-state index contributed by atoms with van der Waals surface area (Å²) in [6.45, 7) is 0. The van der Waals surface area contributed by atoms with Gasteiger partial charge in [-0.15, -0.1) is 0 Å². The van der Waals surface area contributed by atoms with Gasteiger partial charge in [0, 0.05) is 30.7 Å². The summed E-state index contributed by atoms with van der Waals surface area (Å²) >= 11 is 0. The van der Waals surface area contributed by atoms with Crippen molar-refractivity contribution in [3.8, 4) is 16.9 Å². The highest BCUT2D eigenvalue weighted by molar-refractivity contribution is 5.94. The molecule has 3 nitrogen and oxygen atoms in total. The highest BCUT2D eigenvalue weighted by atomic mass is 16.2. The van der Waals surface area contributed by atoms with E-state index >= 15 is 0 Å². The van der Waals surface area contributed by atoms with Gasteiger partial charge in [-0.05, 0) is 42.0 Å². The third-order valence-electron chi connectivity index (χ3n) is 5.00. The van der Waals surface area contributed by atoms with E-state index in [0.717, 1.165) is 22.5 Å². The molecule has 0 unspecified atom stereocenters. The van der Waals surface area contributed by atoms with Crippen molar-refractivity contribution >= 4 is 16.8 Å². The molecule has 3 heteroatoms. The van der Waals surface area contributed by atoms with Crippen molar-refractivity contribution in [1.29, 1.82) is 0 Å². The van der Waals surface area contributed by atoms with Crippen LogP contribution < -0.4 is 0 Å². The predicted molar refractivity (Wildman–Crippen MR) is 124 cm³/mol. The van der Waals surface area contributed by atoms with Crippen LogP contribution in [-0.4, -0.2) is 29.5 Å². The first-order valence-electron chi connectivity index (χ1n) is 9.96. The van der Waals surface area contributed by atoms with Crippen molar-refractivity contribution in [1.82, 2.24) is 9.47 Å². The Balaban J connectivity index is 2.00. The molecule has 0 atom stereocenters. The highest BCUT2D eigenvalue weighted by Gasteiger charge is 2.12. The third-order valence-corrected chi connectivity index (χ3v) is 5.00. The Kier molecular flexibility index (Phi) is 5.62. The minimum Gasteiger partial charge on any atom is -0.345 e. The summed E-state index contributed by atoms with van der Waals surface area (Å²) in [5, 5.41) is 1.17. The topological polar surface area (TPSA) is 25.2 Å². The zero-order valence-corrected chi connectivity index (χ0v) is 17.2. The fraction of sp³-hybridized carbons (Fsp3) is 0.0741. The van der Waals surface area contributed by atoms with E-state index in [4.69, 9.17) is 0 Å². The van der Waals surface area contributed by atoms with Gasteiger partial charge in [0.1, 0.15) is 0 Å². The molecule has 0 bridgehead atoms. The Bertz CT molecular complexity index is 1240. The average Bonchev–Trinajstić information content (AvgIpc) is 3.16. The number of hydrogen-bond donors (Lipinski definition) is 0. The van der Waals surface area contributed by atoms with E-state index in [9.17, 15) is 4.79 Å². The number of amides is 1. The van der Waals surface area contributed by atoms with Crippen LogP contribution in [0, 0.1) is 0 Å². The van der Waals surface area contributed by atoms with Gasteiger partial charge in [-0.2, -0.15) is 0 Å². The number of benzene rings is 2. The molecule has 1 amide bonds. The first-order valence-corrected chi connectivity index (χ1v) is 9.96. The number of rotatable bonds is 3. The van der Waals surface area contributed by atoms with Crippen molar-refractivity contribution in [3.63, 3.8) is 0 Å². The van der Waals surface area contributed by atoms with Crippen molar-refractivity contribution in [2.45, 2.75) is 0 Å². The standard InChI is InChI=1S/C27H24N2O/c1-28(2)27(30)22-14-6-3-4-9-16-24(19-18-22)29-25-17-11-10-15-23(25)20-26(29)21-12-7-5-8-13-21/h3-20H,1-2H3. The minimum atomic E-state index is -0.0274. The first-order chi connectivity index (χ1) is 14.6. The largest absolute Gasteiger partial charge is 0.345 e. The van der Waals surface area contributed by atoms with Gasteiger partial charge in [-0.1, -0.05) is 72.8 Å². The summed E-state index contributed by atoms with van der Waals surface area (Å²) in [6, 6.07) is 36.6. The number of nitrogens with zero attached hydrogens (tertiary/aromatic N) is 2. The lowest BCUT2D eigenvalue weighted by molar-refractivity contribution is 0.0827. The van der Waals surface area contributed by atoms with Gasteiger partial charge in [0.25, 0.3) is 5.91 Å². The summed E-state index contributed by atoms with van der Waals surface area (Å²) in [6.07, 6.45) is 0. The monoisotopic (exact) mass is 392 g/mol. The van der Waals surface area contributed by atoms with Crippen LogP contribution in [0.5, 0.6) is 0 Å². The van der Waals surface area contributed by atoms with Crippen LogP contribution in [0.3, 0.4) is 0 Å². The van der Waals surface area contributed by atoms with E-state index in [2.05, 4.69) is 65.2 Å². The molecule has 0 fully saturated rings. The van der Waals surface area contributed by atoms with Crippen molar-refractivity contribution in [2.24, 2.45) is 0 Å². The molecule has 1 heterocycles. The molecule has 3 aromatic carbocycles. The second kappa shape index (κ2) is 8.66. The number of fused-ring (bicyclic) bond motifs is 1. The molecule has 0 aliphatic heterocycles. The first kappa shape index (κ1) is 19.5. The second-order valence-electron chi connectivity index (χ2n) is 7.31. The number of para-hydroxylation sites is 1. The molecule has 30 heavy (non-hydrogen) atoms. The van der Waals surface area contributed by atoms with Crippen LogP contribution in [0.25, 0.3) is 27.8 Å². The SMILES string of the molecule is CN(C)C(=O)c1ccccccc(-n2c(-c3ccccc3)cc3ccccc32)cc1. The van der Waals surface area contributed by atoms with Gasteiger partial charge < -0.3 is 9.47 Å². The van der Waals surface area contributed by atoms with Gasteiger partial charge in [0.15, 0.2) is 0 Å². The maximum atomic E-state index is 12.6. The van der Waals surface area contributed by atoms with E-state index < -0.39 is 0 Å². The Morgan fingerprint density at radius 1 is 0.700 bits per heavy atom. The zero-order valence-electron chi connectivity index (χ0n) is 17.2. The number of carbonyl (C=O) groups excluding carboxylic acids is 1. The van der Waals surface area contributed by atoms with Crippen LogP contribution in [0.15, 0.2) is 109 Å². The van der Waals surface area contributed by atoms with Gasteiger partial charge >= 0.3 is 0 Å². The third kappa shape index (κ3) is 3.96. The smallest absolute Gasteiger partial charge is 0.253 e. The average molecular weight is 393 g/mol. The van der Waals surface area contributed by atoms with E-state index in [1.54, 1.807) is 19.0 Å². The van der Waals surface area contributed by atoms with Crippen molar-refractivity contribution in [3.05, 3.63) is 115 Å². The summed E-state index contributed by atoms with van der Waals surface area (Å²) in [5.74, 6) is -0.0274. The molecule has 0 aliphatic rings. The summed E-state index contributed by atoms with van der Waals surface area (Å²) in [4.78, 5) is 14.2. The van der Waals surface area contributed by atoms with Crippen molar-refractivity contribution < 1.29 is 4.79 Å². The Morgan fingerprint density at radius 2 is 1.33 bits per heavy atom. The van der Waals surface area contributed by atoms with Crippen molar-refractivity contribution in [2.75, 3.05) is 14.1 Å². The molecule has 0 spiro atoms. The van der Waals surface area contributed by atoms with Crippen LogP contribution in [-0.2, 0) is 0 Å². The minimum absolute atomic E-state index is 0.0274. The summed E-state index contributed by atoms with van der Waals surface area (Å²) in [5.41, 5.74) is 4.99. The Hall–Kier alpha value is -3.85. The molecule has 0 saturated heterocycles. The van der Waals surface area contributed by atoms with Crippen LogP contribution in [0.1, 0.15) is 10.4 Å². The molecule has 0 radical (unpaired) electrons. The van der Waals surface area contributed by atoms with E-state index in [1.165, 1.54) is 5.39 Å². The highest BCUT2D eigenvalue weighted by Crippen LogP contribution is 2.31. The predicted octanol–water partition coefficient (Wildman–Crippen LogP) is 6.12. The van der Waals surface area contributed by atoms with Gasteiger partial charge in [0.2, 0.25) is 0 Å². The van der Waals surface area contributed by atoms with Gasteiger partial charge in [-0.25, -0.2) is 0 Å². The normalized spacial score (nSPS) is 10.5. The molecule has 0 aliphatic carbocycles. The Labute approximate surface area is 177 Å². The number of aromatic nitrogens is 1. The summed E-state index contributed by atoms with van der Waals surface area (Å²) < 4.78 is 2.24. The van der Waals surface area contributed by atoms with Crippen LogP contribution in [0.4, 0.5) is 0 Å². The summed E-state index contributed by atoms with van der Waals surface area (Å²) in [7, 11) is 3.53. The molecule has 4 rings (SSSR count).